The van der Waals surface area contributed by atoms with Crippen LogP contribution in [0.3, 0.4) is 0 Å². The van der Waals surface area contributed by atoms with Crippen LogP contribution in [0.2, 0.25) is 0 Å². The van der Waals surface area contributed by atoms with Crippen LogP contribution in [0.5, 0.6) is 11.5 Å². The van der Waals surface area contributed by atoms with E-state index in [2.05, 4.69) is 31.9 Å². The van der Waals surface area contributed by atoms with Crippen molar-refractivity contribution in [1.29, 1.82) is 0 Å². The number of halogens is 2. The summed E-state index contributed by atoms with van der Waals surface area (Å²) < 4.78 is 81.2. The first-order chi connectivity index (χ1) is 11.9. The molecule has 0 aliphatic heterocycles. The molecule has 2 aromatic rings. The molecule has 0 aromatic heterocycles. The first kappa shape index (κ1) is 28.8. The Balaban J connectivity index is 0.00000364. The Morgan fingerprint density at radius 3 is 1.21 bits per heavy atom. The summed E-state index contributed by atoms with van der Waals surface area (Å²) in [5, 5.41) is 0. The fourth-order valence-electron chi connectivity index (χ4n) is 2.38. The molecular weight excluding hydrogens is 566 g/mol. The molecule has 0 N–H and O–H groups in total. The number of methoxy groups -OCH3 is 2. The van der Waals surface area contributed by atoms with E-state index >= 15 is 0 Å². The summed E-state index contributed by atoms with van der Waals surface area (Å²) in [5.41, 5.74) is -0.611. The molecule has 14 heteroatoms. The van der Waals surface area contributed by atoms with Gasteiger partial charge >= 0.3 is 59.1 Å². The quantitative estimate of drug-likeness (QED) is 0.268. The van der Waals surface area contributed by atoms with Gasteiger partial charge in [0.05, 0.1) is 23.2 Å². The molecule has 0 atom stereocenters. The Kier molecular flexibility index (Phi) is 11.2. The molecule has 0 aliphatic carbocycles. The molecule has 0 spiro atoms. The molecule has 0 saturated heterocycles. The molecule has 0 saturated carbocycles. The molecule has 0 unspecified atom stereocenters. The van der Waals surface area contributed by atoms with Gasteiger partial charge in [-0.15, -0.1) is 0 Å². The number of hydrogen-bond donors (Lipinski definition) is 0. The van der Waals surface area contributed by atoms with Gasteiger partial charge in [0.25, 0.3) is 0 Å². The van der Waals surface area contributed by atoms with Crippen LogP contribution >= 0.6 is 31.9 Å². The fraction of sp³-hybridized carbons (Fsp3) is 0.143. The second-order valence-electron chi connectivity index (χ2n) is 4.82. The van der Waals surface area contributed by atoms with Gasteiger partial charge in [-0.25, -0.2) is 16.8 Å². The first-order valence-electron chi connectivity index (χ1n) is 6.58. The van der Waals surface area contributed by atoms with E-state index in [1.807, 2.05) is 0 Å². The molecule has 0 heterocycles. The van der Waals surface area contributed by atoms with Crippen molar-refractivity contribution in [3.8, 4) is 22.6 Å². The SMILES string of the molecule is COc1c(Br)ccc(-c2ccc(Br)c(OC)c2S(=O)(=O)[O-])c1S(=O)(=O)[O-].[Na+].[Na+]. The van der Waals surface area contributed by atoms with E-state index in [1.54, 1.807) is 0 Å². The van der Waals surface area contributed by atoms with E-state index in [1.165, 1.54) is 24.3 Å². The third kappa shape index (κ3) is 5.95. The molecule has 142 valence electrons. The van der Waals surface area contributed by atoms with E-state index in [0.29, 0.717) is 0 Å². The zero-order valence-corrected chi connectivity index (χ0v) is 24.0. The second-order valence-corrected chi connectivity index (χ2v) is 9.16. The van der Waals surface area contributed by atoms with Gasteiger partial charge in [0.2, 0.25) is 0 Å². The summed E-state index contributed by atoms with van der Waals surface area (Å²) in [6, 6.07) is 5.10. The average molecular weight is 576 g/mol. The van der Waals surface area contributed by atoms with Gasteiger partial charge in [0, 0.05) is 11.1 Å². The second kappa shape index (κ2) is 10.9. The van der Waals surface area contributed by atoms with E-state index in [-0.39, 0.29) is 90.7 Å². The molecule has 0 amide bonds. The van der Waals surface area contributed by atoms with E-state index in [0.717, 1.165) is 14.2 Å². The molecule has 28 heavy (non-hydrogen) atoms. The Morgan fingerprint density at radius 1 is 0.714 bits per heavy atom. The maximum absolute atomic E-state index is 11.8. The van der Waals surface area contributed by atoms with Crippen molar-refractivity contribution >= 4 is 52.1 Å². The van der Waals surface area contributed by atoms with Crippen molar-refractivity contribution in [1.82, 2.24) is 0 Å². The number of hydrogen-bond acceptors (Lipinski definition) is 8. The minimum absolute atomic E-state index is 0. The standard InChI is InChI=1S/C14H12Br2O8S2.2Na/c1-23-11-9(15)5-3-7(13(11)25(17,18)19)8-4-6-10(16)12(24-2)14(8)26(20,21)22;;/h3-6H,1-2H3,(H,17,18,19)(H,20,21,22);;/q;2*+1/p-2. The van der Waals surface area contributed by atoms with Crippen molar-refractivity contribution in [3.63, 3.8) is 0 Å². The van der Waals surface area contributed by atoms with E-state index < -0.39 is 30.0 Å². The summed E-state index contributed by atoms with van der Waals surface area (Å²) in [4.78, 5) is -1.60. The van der Waals surface area contributed by atoms with Crippen LogP contribution in [0.4, 0.5) is 0 Å². The normalized spacial score (nSPS) is 11.2. The van der Waals surface area contributed by atoms with Crippen LogP contribution in [0.25, 0.3) is 11.1 Å². The Labute approximate surface area is 223 Å². The molecule has 0 bridgehead atoms. The number of benzene rings is 2. The van der Waals surface area contributed by atoms with Crippen LogP contribution in [0.15, 0.2) is 43.0 Å². The van der Waals surface area contributed by atoms with Crippen LogP contribution in [0.1, 0.15) is 0 Å². The first-order valence-corrected chi connectivity index (χ1v) is 11.0. The monoisotopic (exact) mass is 574 g/mol. The van der Waals surface area contributed by atoms with Crippen LogP contribution in [-0.4, -0.2) is 40.2 Å². The van der Waals surface area contributed by atoms with Gasteiger partial charge in [0.1, 0.15) is 30.0 Å². The zero-order chi connectivity index (χ0) is 19.9. The molecular formula is C14H10Br2Na2O8S2. The van der Waals surface area contributed by atoms with Crippen molar-refractivity contribution < 1.29 is 94.5 Å². The topological polar surface area (TPSA) is 133 Å². The van der Waals surface area contributed by atoms with Crippen molar-refractivity contribution in [3.05, 3.63) is 33.2 Å². The summed E-state index contributed by atoms with van der Waals surface area (Å²) >= 11 is 6.13. The van der Waals surface area contributed by atoms with Gasteiger partial charge in [-0.3, -0.25) is 0 Å². The third-order valence-corrected chi connectivity index (χ3v) is 6.39. The summed E-state index contributed by atoms with van der Waals surface area (Å²) in [6.45, 7) is 0. The van der Waals surface area contributed by atoms with Crippen molar-refractivity contribution in [2.24, 2.45) is 0 Å². The summed E-state index contributed by atoms with van der Waals surface area (Å²) in [6.07, 6.45) is 0. The van der Waals surface area contributed by atoms with Crippen molar-refractivity contribution in [2.75, 3.05) is 14.2 Å². The molecule has 0 fully saturated rings. The molecule has 2 aromatic carbocycles. The Hall–Kier alpha value is 0.820. The Morgan fingerprint density at radius 2 is 1.00 bits per heavy atom. The summed E-state index contributed by atoms with van der Waals surface area (Å²) in [7, 11) is -7.90. The summed E-state index contributed by atoms with van der Waals surface area (Å²) in [5.74, 6) is -0.623. The van der Waals surface area contributed by atoms with Gasteiger partial charge in [-0.1, -0.05) is 12.1 Å². The Bertz CT molecular complexity index is 1000. The molecule has 0 radical (unpaired) electrons. The largest absolute Gasteiger partial charge is 1.00 e. The van der Waals surface area contributed by atoms with Gasteiger partial charge in [0.15, 0.2) is 11.5 Å². The van der Waals surface area contributed by atoms with Crippen LogP contribution < -0.4 is 68.6 Å². The smallest absolute Gasteiger partial charge is 0.744 e. The van der Waals surface area contributed by atoms with Gasteiger partial charge in [-0.2, -0.15) is 0 Å². The van der Waals surface area contributed by atoms with Gasteiger partial charge < -0.3 is 18.6 Å². The van der Waals surface area contributed by atoms with Crippen LogP contribution in [0, 0.1) is 0 Å². The van der Waals surface area contributed by atoms with Crippen LogP contribution in [-0.2, 0) is 20.2 Å². The zero-order valence-electron chi connectivity index (χ0n) is 15.1. The van der Waals surface area contributed by atoms with Gasteiger partial charge in [-0.05, 0) is 44.0 Å². The number of rotatable bonds is 5. The maximum atomic E-state index is 11.8. The third-order valence-electron chi connectivity index (χ3n) is 3.33. The predicted octanol–water partition coefficient (Wildman–Crippen LogP) is -3.29. The number of ether oxygens (including phenoxy) is 2. The molecule has 2 rings (SSSR count). The fourth-order valence-corrected chi connectivity index (χ4v) is 5.36. The molecule has 0 aliphatic rings. The predicted molar refractivity (Wildman–Crippen MR) is 96.3 cm³/mol. The minimum Gasteiger partial charge on any atom is -0.744 e. The minimum atomic E-state index is -5.09. The van der Waals surface area contributed by atoms with E-state index in [9.17, 15) is 25.9 Å². The van der Waals surface area contributed by atoms with Crippen molar-refractivity contribution in [2.45, 2.75) is 9.79 Å². The molecule has 8 nitrogen and oxygen atoms in total. The van der Waals surface area contributed by atoms with E-state index in [4.69, 9.17) is 9.47 Å². The average Bonchev–Trinajstić information content (AvgIpc) is 2.52. The maximum Gasteiger partial charge on any atom is 1.00 e.